The molecule has 0 aliphatic carbocycles. The van der Waals surface area contributed by atoms with Gasteiger partial charge in [-0.3, -0.25) is 0 Å². The Balaban J connectivity index is 4.32. The van der Waals surface area contributed by atoms with Crippen molar-refractivity contribution < 1.29 is 27.5 Å². The number of hydrogen-bond acceptors (Lipinski definition) is 5. The lowest BCUT2D eigenvalue weighted by atomic mass is 10.1. The Kier molecular flexibility index (Phi) is 5.09. The Morgan fingerprint density at radius 3 is 2.27 bits per heavy atom. The Labute approximate surface area is 89.4 Å². The molecule has 0 saturated carbocycles. The van der Waals surface area contributed by atoms with Gasteiger partial charge in [-0.05, 0) is 11.7 Å². The number of rotatable bonds is 3. The molecule has 0 aromatic carbocycles. The van der Waals surface area contributed by atoms with Crippen molar-refractivity contribution in [1.29, 1.82) is 0 Å². The molecule has 0 amide bonds. The fourth-order valence-electron chi connectivity index (χ4n) is 0.563. The summed E-state index contributed by atoms with van der Waals surface area (Å²) in [6.07, 6.45) is -5.19. The summed E-state index contributed by atoms with van der Waals surface area (Å²) >= 11 is 3.80. The topological polar surface area (TPSA) is 69.4 Å². The monoisotopic (exact) mass is 245 g/mol. The zero-order valence-corrected chi connectivity index (χ0v) is 8.64. The lowest BCUT2D eigenvalue weighted by Crippen LogP contribution is -2.42. The smallest absolute Gasteiger partial charge is 0.385 e. The summed E-state index contributed by atoms with van der Waals surface area (Å²) in [5.74, 6) is -4.26. The third-order valence-electron chi connectivity index (χ3n) is 1.60. The van der Waals surface area contributed by atoms with E-state index in [4.69, 9.17) is 5.73 Å². The molecule has 0 rings (SSSR count). The zero-order valence-electron chi connectivity index (χ0n) is 7.75. The van der Waals surface area contributed by atoms with Gasteiger partial charge < -0.3 is 10.5 Å². The molecule has 0 radical (unpaired) electrons. The molecule has 88 valence electrons. The first-order chi connectivity index (χ1) is 6.70. The normalized spacial score (nSPS) is 15.6. The van der Waals surface area contributed by atoms with Crippen LogP contribution in [-0.2, 0) is 14.3 Å². The summed E-state index contributed by atoms with van der Waals surface area (Å²) in [7, 11) is 0. The fraction of sp³-hybridized carbons (Fsp3) is 0.714. The predicted octanol–water partition coefficient (Wildman–Crippen LogP) is 0.512. The average molecular weight is 245 g/mol. The molecular formula is C7H10F3NO3S. The standard InChI is InChI=1S/C7H10F3NO3S/c1-3(2-15)4(11)5(12)14-6(13)7(8,9)10/h3-4,15H,2,11H2,1H3/t3?,4-/m0/s1. The molecule has 0 aliphatic rings. The van der Waals surface area contributed by atoms with Crippen LogP contribution >= 0.6 is 12.6 Å². The number of alkyl halides is 3. The molecule has 0 aromatic rings. The number of thiol groups is 1. The van der Waals surface area contributed by atoms with Gasteiger partial charge in [0.25, 0.3) is 0 Å². The van der Waals surface area contributed by atoms with E-state index in [9.17, 15) is 22.8 Å². The van der Waals surface area contributed by atoms with Gasteiger partial charge in [0, 0.05) is 0 Å². The minimum absolute atomic E-state index is 0.191. The van der Waals surface area contributed by atoms with E-state index < -0.39 is 30.1 Å². The van der Waals surface area contributed by atoms with Crippen molar-refractivity contribution in [3.8, 4) is 0 Å². The van der Waals surface area contributed by atoms with Crippen LogP contribution in [0.1, 0.15) is 6.92 Å². The van der Waals surface area contributed by atoms with Crippen LogP contribution in [0.5, 0.6) is 0 Å². The van der Waals surface area contributed by atoms with Gasteiger partial charge in [-0.2, -0.15) is 25.8 Å². The maximum Gasteiger partial charge on any atom is 0.491 e. The largest absolute Gasteiger partial charge is 0.491 e. The summed E-state index contributed by atoms with van der Waals surface area (Å²) in [6.45, 7) is 1.50. The van der Waals surface area contributed by atoms with Gasteiger partial charge in [-0.1, -0.05) is 6.92 Å². The molecule has 0 spiro atoms. The van der Waals surface area contributed by atoms with Crippen molar-refractivity contribution in [3.63, 3.8) is 0 Å². The molecule has 4 nitrogen and oxygen atoms in total. The van der Waals surface area contributed by atoms with Crippen LogP contribution in [0.25, 0.3) is 0 Å². The van der Waals surface area contributed by atoms with Crippen molar-refractivity contribution in [3.05, 3.63) is 0 Å². The first-order valence-corrected chi connectivity index (χ1v) is 4.52. The number of esters is 2. The van der Waals surface area contributed by atoms with E-state index in [0.717, 1.165) is 0 Å². The first kappa shape index (κ1) is 14.2. The minimum atomic E-state index is -5.19. The Morgan fingerprint density at radius 1 is 1.47 bits per heavy atom. The second-order valence-corrected chi connectivity index (χ2v) is 3.26. The van der Waals surface area contributed by atoms with Crippen LogP contribution in [0.4, 0.5) is 13.2 Å². The Hall–Kier alpha value is -0.760. The fourth-order valence-corrected chi connectivity index (χ4v) is 0.790. The number of carbonyl (C=O) groups excluding carboxylic acids is 2. The maximum atomic E-state index is 11.7. The minimum Gasteiger partial charge on any atom is -0.385 e. The molecule has 0 fully saturated rings. The van der Waals surface area contributed by atoms with Crippen LogP contribution in [0.15, 0.2) is 0 Å². The number of halogens is 3. The van der Waals surface area contributed by atoms with Crippen LogP contribution in [0.2, 0.25) is 0 Å². The molecule has 15 heavy (non-hydrogen) atoms. The second-order valence-electron chi connectivity index (χ2n) is 2.89. The summed E-state index contributed by atoms with van der Waals surface area (Å²) in [5.41, 5.74) is 5.22. The van der Waals surface area contributed by atoms with Crippen LogP contribution in [0.3, 0.4) is 0 Å². The van der Waals surface area contributed by atoms with Crippen molar-refractivity contribution in [2.24, 2.45) is 11.7 Å². The second kappa shape index (κ2) is 5.36. The van der Waals surface area contributed by atoms with Gasteiger partial charge in [0.05, 0.1) is 0 Å². The SMILES string of the molecule is CC(CS)[C@H](N)C(=O)OC(=O)C(F)(F)F. The summed E-state index contributed by atoms with van der Waals surface area (Å²) < 4.78 is 38.6. The predicted molar refractivity (Wildman–Crippen MR) is 48.1 cm³/mol. The Morgan fingerprint density at radius 2 is 1.93 bits per heavy atom. The van der Waals surface area contributed by atoms with E-state index in [1.807, 2.05) is 0 Å². The van der Waals surface area contributed by atoms with Gasteiger partial charge >= 0.3 is 18.1 Å². The average Bonchev–Trinajstić information content (AvgIpc) is 2.13. The molecule has 0 bridgehead atoms. The summed E-state index contributed by atoms with van der Waals surface area (Å²) in [6, 6.07) is -1.30. The van der Waals surface area contributed by atoms with Gasteiger partial charge in [0.15, 0.2) is 0 Å². The number of nitrogens with two attached hydrogens (primary N) is 1. The molecule has 2 atom stereocenters. The zero-order chi connectivity index (χ0) is 12.2. The summed E-state index contributed by atoms with van der Waals surface area (Å²) in [4.78, 5) is 21.1. The highest BCUT2D eigenvalue weighted by Crippen LogP contribution is 2.17. The van der Waals surface area contributed by atoms with Gasteiger partial charge in [0.2, 0.25) is 0 Å². The van der Waals surface area contributed by atoms with Crippen LogP contribution < -0.4 is 5.73 Å². The molecule has 0 heterocycles. The highest BCUT2D eigenvalue weighted by molar-refractivity contribution is 7.80. The van der Waals surface area contributed by atoms with E-state index in [2.05, 4.69) is 17.4 Å². The molecular weight excluding hydrogens is 235 g/mol. The number of carbonyl (C=O) groups is 2. The lowest BCUT2D eigenvalue weighted by Gasteiger charge is -2.15. The Bertz CT molecular complexity index is 256. The van der Waals surface area contributed by atoms with E-state index >= 15 is 0 Å². The van der Waals surface area contributed by atoms with Crippen molar-refractivity contribution in [1.82, 2.24) is 0 Å². The van der Waals surface area contributed by atoms with E-state index in [1.54, 1.807) is 0 Å². The van der Waals surface area contributed by atoms with Crippen molar-refractivity contribution in [2.45, 2.75) is 19.1 Å². The van der Waals surface area contributed by atoms with Gasteiger partial charge in [-0.15, -0.1) is 0 Å². The third kappa shape index (κ3) is 4.52. The third-order valence-corrected chi connectivity index (χ3v) is 2.17. The number of hydrogen-bond donors (Lipinski definition) is 2. The molecule has 8 heteroatoms. The van der Waals surface area contributed by atoms with Gasteiger partial charge in [0.1, 0.15) is 6.04 Å². The van der Waals surface area contributed by atoms with Crippen LogP contribution in [-0.4, -0.2) is 29.9 Å². The van der Waals surface area contributed by atoms with E-state index in [-0.39, 0.29) is 5.75 Å². The molecule has 0 aliphatic heterocycles. The molecule has 0 saturated heterocycles. The molecule has 1 unspecified atom stereocenters. The number of ether oxygens (including phenoxy) is 1. The summed E-state index contributed by atoms with van der Waals surface area (Å²) in [5, 5.41) is 0. The van der Waals surface area contributed by atoms with E-state index in [0.29, 0.717) is 0 Å². The quantitative estimate of drug-likeness (QED) is 0.432. The maximum absolute atomic E-state index is 11.7. The molecule has 0 aromatic heterocycles. The highest BCUT2D eigenvalue weighted by Gasteiger charge is 2.43. The highest BCUT2D eigenvalue weighted by atomic mass is 32.1. The van der Waals surface area contributed by atoms with Crippen LogP contribution in [0, 0.1) is 5.92 Å². The molecule has 2 N–H and O–H groups in total. The first-order valence-electron chi connectivity index (χ1n) is 3.89. The lowest BCUT2D eigenvalue weighted by molar-refractivity contribution is -0.202. The van der Waals surface area contributed by atoms with E-state index in [1.165, 1.54) is 6.92 Å². The van der Waals surface area contributed by atoms with Gasteiger partial charge in [-0.25, -0.2) is 9.59 Å². The van der Waals surface area contributed by atoms with Crippen molar-refractivity contribution in [2.75, 3.05) is 5.75 Å². The van der Waals surface area contributed by atoms with Crippen molar-refractivity contribution >= 4 is 24.6 Å².